The number of aliphatic hydroxyl groups excluding tert-OH is 1. The number of thiophene rings is 1. The maximum absolute atomic E-state index is 12.3. The van der Waals surface area contributed by atoms with Gasteiger partial charge in [0, 0.05) is 16.2 Å². The third kappa shape index (κ3) is 3.56. The fourth-order valence-electron chi connectivity index (χ4n) is 2.83. The topological polar surface area (TPSA) is 62.2 Å². The fourth-order valence-corrected chi connectivity index (χ4v) is 4.48. The van der Waals surface area contributed by atoms with Crippen molar-refractivity contribution in [3.63, 3.8) is 0 Å². The van der Waals surface area contributed by atoms with Crippen molar-refractivity contribution in [2.24, 2.45) is 5.92 Å². The van der Waals surface area contributed by atoms with Crippen molar-refractivity contribution in [1.82, 2.24) is 10.3 Å². The zero-order valence-electron chi connectivity index (χ0n) is 12.5. The molecule has 0 bridgehead atoms. The van der Waals surface area contributed by atoms with Gasteiger partial charge in [-0.1, -0.05) is 6.07 Å². The lowest BCUT2D eigenvalue weighted by molar-refractivity contribution is -0.123. The van der Waals surface area contributed by atoms with E-state index in [2.05, 4.69) is 16.4 Å². The molecule has 1 aliphatic carbocycles. The number of rotatable bonds is 6. The van der Waals surface area contributed by atoms with Crippen LogP contribution in [0.15, 0.2) is 23.0 Å². The Morgan fingerprint density at radius 3 is 2.91 bits per heavy atom. The summed E-state index contributed by atoms with van der Waals surface area (Å²) in [4.78, 5) is 18.9. The molecule has 1 amide bonds. The number of thiazole rings is 1. The van der Waals surface area contributed by atoms with Crippen LogP contribution in [0.5, 0.6) is 0 Å². The van der Waals surface area contributed by atoms with Gasteiger partial charge in [0.25, 0.3) is 0 Å². The molecule has 2 heterocycles. The molecule has 118 valence electrons. The third-order valence-electron chi connectivity index (χ3n) is 4.21. The normalized spacial score (nSPS) is 22.1. The molecule has 4 nitrogen and oxygen atoms in total. The van der Waals surface area contributed by atoms with Crippen molar-refractivity contribution in [3.05, 3.63) is 38.5 Å². The number of carbonyl (C=O) groups is 1. The molecule has 1 saturated carbocycles. The van der Waals surface area contributed by atoms with E-state index in [-0.39, 0.29) is 18.1 Å². The molecular formula is C16H20N2O2S2. The average Bonchev–Trinajstić information content (AvgIpc) is 3.11. The first-order valence-corrected chi connectivity index (χ1v) is 9.29. The van der Waals surface area contributed by atoms with Crippen LogP contribution in [-0.2, 0) is 11.2 Å². The van der Waals surface area contributed by atoms with Crippen LogP contribution in [0.25, 0.3) is 0 Å². The molecule has 1 atom stereocenters. The summed E-state index contributed by atoms with van der Waals surface area (Å²) in [5, 5.41) is 14.7. The van der Waals surface area contributed by atoms with E-state index in [1.54, 1.807) is 22.7 Å². The second-order valence-electron chi connectivity index (χ2n) is 5.81. The first kappa shape index (κ1) is 15.6. The molecule has 0 radical (unpaired) electrons. The van der Waals surface area contributed by atoms with Crippen LogP contribution in [0.3, 0.4) is 0 Å². The van der Waals surface area contributed by atoms with Crippen molar-refractivity contribution in [2.45, 2.75) is 44.8 Å². The van der Waals surface area contributed by atoms with Gasteiger partial charge in [0.15, 0.2) is 0 Å². The van der Waals surface area contributed by atoms with Crippen molar-refractivity contribution >= 4 is 28.6 Å². The molecule has 0 aromatic carbocycles. The van der Waals surface area contributed by atoms with Crippen molar-refractivity contribution in [1.29, 1.82) is 0 Å². The highest BCUT2D eigenvalue weighted by Gasteiger charge is 2.36. The molecule has 2 aromatic rings. The van der Waals surface area contributed by atoms with Gasteiger partial charge >= 0.3 is 0 Å². The second kappa shape index (κ2) is 6.89. The summed E-state index contributed by atoms with van der Waals surface area (Å²) in [6, 6.07) is 4.11. The number of carbonyl (C=O) groups excluding carboxylic acids is 1. The van der Waals surface area contributed by atoms with E-state index < -0.39 is 0 Å². The average molecular weight is 336 g/mol. The SMILES string of the molecule is Cc1ncsc1CCC(=O)NC(c1cccs1)C1CC(O)C1. The van der Waals surface area contributed by atoms with Crippen LogP contribution < -0.4 is 5.32 Å². The molecule has 0 saturated heterocycles. The molecule has 3 rings (SSSR count). The lowest BCUT2D eigenvalue weighted by Crippen LogP contribution is -2.41. The number of nitrogens with zero attached hydrogens (tertiary/aromatic N) is 1. The number of aryl methyl sites for hydroxylation is 2. The molecular weight excluding hydrogens is 316 g/mol. The van der Waals surface area contributed by atoms with Gasteiger partial charge in [-0.2, -0.15) is 0 Å². The first-order valence-electron chi connectivity index (χ1n) is 7.53. The smallest absolute Gasteiger partial charge is 0.220 e. The summed E-state index contributed by atoms with van der Waals surface area (Å²) in [5.74, 6) is 0.426. The Hall–Kier alpha value is -1.24. The molecule has 1 unspecified atom stereocenters. The van der Waals surface area contributed by atoms with Crippen molar-refractivity contribution in [2.75, 3.05) is 0 Å². The maximum Gasteiger partial charge on any atom is 0.220 e. The number of amides is 1. The predicted octanol–water partition coefficient (Wildman–Crippen LogP) is 3.07. The summed E-state index contributed by atoms with van der Waals surface area (Å²) in [5.41, 5.74) is 2.85. The summed E-state index contributed by atoms with van der Waals surface area (Å²) >= 11 is 3.27. The molecule has 0 spiro atoms. The van der Waals surface area contributed by atoms with E-state index in [9.17, 15) is 9.90 Å². The quantitative estimate of drug-likeness (QED) is 0.852. The summed E-state index contributed by atoms with van der Waals surface area (Å²) in [7, 11) is 0. The summed E-state index contributed by atoms with van der Waals surface area (Å²) in [6.45, 7) is 1.98. The lowest BCUT2D eigenvalue weighted by Gasteiger charge is -2.37. The number of hydrogen-bond donors (Lipinski definition) is 2. The summed E-state index contributed by atoms with van der Waals surface area (Å²) < 4.78 is 0. The molecule has 6 heteroatoms. The Labute approximate surface area is 138 Å². The van der Waals surface area contributed by atoms with Crippen LogP contribution in [0.2, 0.25) is 0 Å². The van der Waals surface area contributed by atoms with E-state index in [0.717, 1.165) is 25.0 Å². The molecule has 2 aromatic heterocycles. The van der Waals surface area contributed by atoms with Gasteiger partial charge in [-0.25, -0.2) is 4.98 Å². The van der Waals surface area contributed by atoms with E-state index in [1.807, 2.05) is 23.9 Å². The van der Waals surface area contributed by atoms with Gasteiger partial charge < -0.3 is 10.4 Å². The molecule has 0 aliphatic heterocycles. The van der Waals surface area contributed by atoms with Crippen molar-refractivity contribution < 1.29 is 9.90 Å². The molecule has 2 N–H and O–H groups in total. The van der Waals surface area contributed by atoms with Gasteiger partial charge in [-0.3, -0.25) is 4.79 Å². The van der Waals surface area contributed by atoms with Gasteiger partial charge in [0.05, 0.1) is 23.4 Å². The zero-order chi connectivity index (χ0) is 15.5. The molecule has 22 heavy (non-hydrogen) atoms. The minimum Gasteiger partial charge on any atom is -0.393 e. The van der Waals surface area contributed by atoms with Crippen LogP contribution in [-0.4, -0.2) is 22.1 Å². The van der Waals surface area contributed by atoms with E-state index >= 15 is 0 Å². The highest BCUT2D eigenvalue weighted by Crippen LogP contribution is 2.39. The third-order valence-corrected chi connectivity index (χ3v) is 6.16. The van der Waals surface area contributed by atoms with Gasteiger partial charge in [0.1, 0.15) is 0 Å². The number of aromatic nitrogens is 1. The van der Waals surface area contributed by atoms with Gasteiger partial charge in [0.2, 0.25) is 5.91 Å². The Morgan fingerprint density at radius 2 is 2.32 bits per heavy atom. The zero-order valence-corrected chi connectivity index (χ0v) is 14.1. The highest BCUT2D eigenvalue weighted by atomic mass is 32.1. The minimum absolute atomic E-state index is 0.0402. The monoisotopic (exact) mass is 336 g/mol. The van der Waals surface area contributed by atoms with Crippen LogP contribution in [0, 0.1) is 12.8 Å². The van der Waals surface area contributed by atoms with Crippen molar-refractivity contribution in [3.8, 4) is 0 Å². The highest BCUT2D eigenvalue weighted by molar-refractivity contribution is 7.10. The molecule has 1 fully saturated rings. The van der Waals surface area contributed by atoms with E-state index in [0.29, 0.717) is 12.3 Å². The fraction of sp³-hybridized carbons (Fsp3) is 0.500. The number of hydrogen-bond acceptors (Lipinski definition) is 5. The first-order chi connectivity index (χ1) is 10.6. The maximum atomic E-state index is 12.3. The Kier molecular flexibility index (Phi) is 4.90. The second-order valence-corrected chi connectivity index (χ2v) is 7.73. The Morgan fingerprint density at radius 1 is 1.50 bits per heavy atom. The number of nitrogens with one attached hydrogen (secondary N) is 1. The van der Waals surface area contributed by atoms with Crippen LogP contribution in [0.1, 0.15) is 40.8 Å². The minimum atomic E-state index is -0.204. The predicted molar refractivity (Wildman–Crippen MR) is 89.1 cm³/mol. The van der Waals surface area contributed by atoms with Crippen LogP contribution >= 0.6 is 22.7 Å². The van der Waals surface area contributed by atoms with Gasteiger partial charge in [-0.15, -0.1) is 22.7 Å². The van der Waals surface area contributed by atoms with Gasteiger partial charge in [-0.05, 0) is 43.6 Å². The summed E-state index contributed by atoms with van der Waals surface area (Å²) in [6.07, 6.45) is 2.57. The Balaban J connectivity index is 1.58. The lowest BCUT2D eigenvalue weighted by atomic mass is 9.76. The molecule has 1 aliphatic rings. The van der Waals surface area contributed by atoms with Crippen LogP contribution in [0.4, 0.5) is 0 Å². The van der Waals surface area contributed by atoms with E-state index in [4.69, 9.17) is 0 Å². The number of aliphatic hydroxyl groups is 1. The largest absolute Gasteiger partial charge is 0.393 e. The standard InChI is InChI=1S/C16H20N2O2S2/c1-10-13(22-9-17-10)4-5-15(20)18-16(11-7-12(19)8-11)14-3-2-6-21-14/h2-3,6,9,11-12,16,19H,4-5,7-8H2,1H3,(H,18,20). The van der Waals surface area contributed by atoms with E-state index in [1.165, 1.54) is 9.75 Å². The Bertz CT molecular complexity index is 618.